The Morgan fingerprint density at radius 1 is 1.50 bits per heavy atom. The molecule has 0 spiro atoms. The minimum absolute atomic E-state index is 0.337. The average Bonchev–Trinajstić information content (AvgIpc) is 3.08. The minimum Gasteiger partial charge on any atom is -0.390 e. The maximum Gasteiger partial charge on any atom is 0.206 e. The van der Waals surface area contributed by atoms with Crippen molar-refractivity contribution in [2.45, 2.75) is 24.0 Å². The predicted octanol–water partition coefficient (Wildman–Crippen LogP) is 2.70. The van der Waals surface area contributed by atoms with Gasteiger partial charge in [-0.1, -0.05) is 29.2 Å². The van der Waals surface area contributed by atoms with E-state index in [0.29, 0.717) is 19.0 Å². The van der Waals surface area contributed by atoms with Crippen LogP contribution in [-0.2, 0) is 11.3 Å². The summed E-state index contributed by atoms with van der Waals surface area (Å²) >= 11 is 4.66. The molecule has 2 heterocycles. The number of ether oxygens (including phenoxy) is 1. The van der Waals surface area contributed by atoms with E-state index in [2.05, 4.69) is 15.5 Å². The summed E-state index contributed by atoms with van der Waals surface area (Å²) in [5, 5.41) is 23.8. The number of nitrogens with zero attached hydrogens (tertiary/aromatic N) is 2. The van der Waals surface area contributed by atoms with Crippen molar-refractivity contribution >= 4 is 39.6 Å². The lowest BCUT2D eigenvalue weighted by atomic mass is 10.4. The quantitative estimate of drug-likeness (QED) is 0.689. The number of nitrogens with one attached hydrogen (secondary N) is 1. The van der Waals surface area contributed by atoms with Gasteiger partial charge in [0.05, 0.1) is 19.3 Å². The van der Waals surface area contributed by atoms with Gasteiger partial charge < -0.3 is 15.2 Å². The van der Waals surface area contributed by atoms with Crippen LogP contribution < -0.4 is 5.32 Å². The zero-order valence-electron chi connectivity index (χ0n) is 11.1. The fourth-order valence-corrected chi connectivity index (χ4v) is 3.79. The fraction of sp³-hybridized carbons (Fsp3) is 0.500. The summed E-state index contributed by atoms with van der Waals surface area (Å²) in [4.78, 5) is 1.17. The Morgan fingerprint density at radius 2 is 2.40 bits per heavy atom. The summed E-state index contributed by atoms with van der Waals surface area (Å²) < 4.78 is 6.33. The number of hydrogen-bond acceptors (Lipinski definition) is 8. The van der Waals surface area contributed by atoms with Gasteiger partial charge in [-0.05, 0) is 18.4 Å². The molecule has 0 aromatic carbocycles. The summed E-state index contributed by atoms with van der Waals surface area (Å²) in [6, 6.07) is 4.02. The number of thioether (sulfide) groups is 1. The van der Waals surface area contributed by atoms with Gasteiger partial charge in [-0.2, -0.15) is 0 Å². The predicted molar refractivity (Wildman–Crippen MR) is 84.8 cm³/mol. The van der Waals surface area contributed by atoms with Gasteiger partial charge in [-0.25, -0.2) is 0 Å². The van der Waals surface area contributed by atoms with E-state index in [0.717, 1.165) is 16.0 Å². The monoisotopic (exact) mass is 331 g/mol. The van der Waals surface area contributed by atoms with E-state index >= 15 is 0 Å². The van der Waals surface area contributed by atoms with Crippen LogP contribution in [0.2, 0.25) is 0 Å². The lowest BCUT2D eigenvalue weighted by Gasteiger charge is -2.09. The van der Waals surface area contributed by atoms with Crippen molar-refractivity contribution < 1.29 is 9.84 Å². The molecule has 20 heavy (non-hydrogen) atoms. The standard InChI is InChI=1S/C12H17N3O2S3/c1-2-13-11-14-15-12(20-11)19-8-9(16)6-17-7-10-4-3-5-18-10/h3-5,9,16H,2,6-8H2,1H3,(H,13,14). The molecule has 5 nitrogen and oxygen atoms in total. The lowest BCUT2D eigenvalue weighted by Crippen LogP contribution is -2.17. The third kappa shape index (κ3) is 5.37. The number of aromatic nitrogens is 2. The Kier molecular flexibility index (Phi) is 6.74. The smallest absolute Gasteiger partial charge is 0.206 e. The van der Waals surface area contributed by atoms with Crippen molar-refractivity contribution in [3.8, 4) is 0 Å². The van der Waals surface area contributed by atoms with E-state index in [1.165, 1.54) is 28.0 Å². The Labute approximate surface area is 130 Å². The summed E-state index contributed by atoms with van der Waals surface area (Å²) in [7, 11) is 0. The maximum atomic E-state index is 9.85. The third-order valence-corrected chi connectivity index (χ3v) is 5.28. The van der Waals surface area contributed by atoms with Gasteiger partial charge in [0.25, 0.3) is 0 Å². The van der Waals surface area contributed by atoms with E-state index in [1.54, 1.807) is 11.3 Å². The van der Waals surface area contributed by atoms with E-state index in [9.17, 15) is 5.11 Å². The van der Waals surface area contributed by atoms with Crippen molar-refractivity contribution in [2.75, 3.05) is 24.2 Å². The van der Waals surface area contributed by atoms with Crippen LogP contribution in [0.25, 0.3) is 0 Å². The molecule has 0 radical (unpaired) electrons. The second-order valence-corrected chi connectivity index (χ2v) is 7.24. The molecule has 2 aromatic rings. The van der Waals surface area contributed by atoms with Crippen molar-refractivity contribution in [2.24, 2.45) is 0 Å². The van der Waals surface area contributed by atoms with Crippen molar-refractivity contribution in [1.29, 1.82) is 0 Å². The summed E-state index contributed by atoms with van der Waals surface area (Å²) in [5.41, 5.74) is 0. The molecule has 0 saturated carbocycles. The molecule has 8 heteroatoms. The van der Waals surface area contributed by atoms with Gasteiger partial charge in [0, 0.05) is 17.2 Å². The Bertz CT molecular complexity index is 490. The molecule has 2 aromatic heterocycles. The number of hydrogen-bond donors (Lipinski definition) is 2. The molecule has 2 rings (SSSR count). The van der Waals surface area contributed by atoms with E-state index < -0.39 is 6.10 Å². The van der Waals surface area contributed by atoms with Crippen LogP contribution in [0.15, 0.2) is 21.9 Å². The van der Waals surface area contributed by atoms with Crippen LogP contribution >= 0.6 is 34.4 Å². The SMILES string of the molecule is CCNc1nnc(SCC(O)COCc2cccs2)s1. The van der Waals surface area contributed by atoms with Gasteiger partial charge in [-0.15, -0.1) is 21.5 Å². The van der Waals surface area contributed by atoms with E-state index in [4.69, 9.17) is 4.74 Å². The van der Waals surface area contributed by atoms with Gasteiger partial charge in [-0.3, -0.25) is 0 Å². The normalized spacial score (nSPS) is 12.5. The first-order chi connectivity index (χ1) is 9.78. The molecular formula is C12H17N3O2S3. The van der Waals surface area contributed by atoms with Crippen LogP contribution in [0.3, 0.4) is 0 Å². The average molecular weight is 331 g/mol. The number of thiophene rings is 1. The Balaban J connectivity index is 1.62. The zero-order chi connectivity index (χ0) is 14.2. The van der Waals surface area contributed by atoms with Gasteiger partial charge >= 0.3 is 0 Å². The van der Waals surface area contributed by atoms with Crippen LogP contribution in [0.4, 0.5) is 5.13 Å². The molecule has 110 valence electrons. The highest BCUT2D eigenvalue weighted by Crippen LogP contribution is 2.25. The van der Waals surface area contributed by atoms with Crippen molar-refractivity contribution in [1.82, 2.24) is 10.2 Å². The van der Waals surface area contributed by atoms with E-state index in [-0.39, 0.29) is 0 Å². The van der Waals surface area contributed by atoms with E-state index in [1.807, 2.05) is 24.4 Å². The summed E-state index contributed by atoms with van der Waals surface area (Å²) in [5.74, 6) is 0.561. The third-order valence-electron chi connectivity index (χ3n) is 2.27. The molecule has 1 atom stereocenters. The largest absolute Gasteiger partial charge is 0.390 e. The molecule has 0 aliphatic carbocycles. The highest BCUT2D eigenvalue weighted by Gasteiger charge is 2.09. The summed E-state index contributed by atoms with van der Waals surface area (Å²) in [6.07, 6.45) is -0.494. The van der Waals surface area contributed by atoms with Crippen LogP contribution in [0.5, 0.6) is 0 Å². The second kappa shape index (κ2) is 8.58. The highest BCUT2D eigenvalue weighted by molar-refractivity contribution is 8.01. The minimum atomic E-state index is -0.494. The molecule has 0 bridgehead atoms. The number of aliphatic hydroxyl groups is 1. The summed E-state index contributed by atoms with van der Waals surface area (Å²) in [6.45, 7) is 3.74. The number of aliphatic hydroxyl groups excluding tert-OH is 1. The molecule has 1 unspecified atom stereocenters. The Morgan fingerprint density at radius 3 is 3.15 bits per heavy atom. The van der Waals surface area contributed by atoms with Crippen LogP contribution in [0, 0.1) is 0 Å². The molecule has 0 fully saturated rings. The van der Waals surface area contributed by atoms with Crippen LogP contribution in [0.1, 0.15) is 11.8 Å². The zero-order valence-corrected chi connectivity index (χ0v) is 13.6. The first-order valence-corrected chi connectivity index (χ1v) is 8.94. The first-order valence-electron chi connectivity index (χ1n) is 6.26. The first kappa shape index (κ1) is 15.7. The molecule has 0 aliphatic heterocycles. The van der Waals surface area contributed by atoms with Gasteiger partial charge in [0.1, 0.15) is 0 Å². The fourth-order valence-electron chi connectivity index (χ4n) is 1.40. The van der Waals surface area contributed by atoms with Gasteiger partial charge in [0.15, 0.2) is 4.34 Å². The molecule has 0 saturated heterocycles. The molecule has 0 aliphatic rings. The lowest BCUT2D eigenvalue weighted by molar-refractivity contribution is 0.0409. The van der Waals surface area contributed by atoms with Crippen LogP contribution in [-0.4, -0.2) is 40.3 Å². The highest BCUT2D eigenvalue weighted by atomic mass is 32.2. The second-order valence-electron chi connectivity index (χ2n) is 3.96. The Hall–Kier alpha value is -0.670. The van der Waals surface area contributed by atoms with Crippen molar-refractivity contribution in [3.63, 3.8) is 0 Å². The van der Waals surface area contributed by atoms with Gasteiger partial charge in [0.2, 0.25) is 5.13 Å². The molecule has 2 N–H and O–H groups in total. The maximum absolute atomic E-state index is 9.85. The number of rotatable bonds is 9. The topological polar surface area (TPSA) is 67.3 Å². The number of anilines is 1. The molecule has 0 amide bonds. The van der Waals surface area contributed by atoms with Crippen molar-refractivity contribution in [3.05, 3.63) is 22.4 Å². The molecular weight excluding hydrogens is 314 g/mol.